The molecule has 0 radical (unpaired) electrons. The number of nitrogens with zero attached hydrogens (tertiary/aromatic N) is 1. The fourth-order valence-corrected chi connectivity index (χ4v) is 4.55. The van der Waals surface area contributed by atoms with E-state index in [9.17, 15) is 14.7 Å². The number of fused-ring (bicyclic) bond motifs is 1. The second-order valence-electron chi connectivity index (χ2n) is 7.07. The molecular weight excluding hydrogens is 445 g/mol. The van der Waals surface area contributed by atoms with Gasteiger partial charge < -0.3 is 10.0 Å². The third-order valence-corrected chi connectivity index (χ3v) is 6.07. The molecule has 2 atom stereocenters. The van der Waals surface area contributed by atoms with Gasteiger partial charge >= 0.3 is 5.97 Å². The van der Waals surface area contributed by atoms with Crippen LogP contribution in [-0.4, -0.2) is 21.9 Å². The standard InChI is InChI=1S/C23H16Cl3NO3/c24-14-7-5-13(6-8-14)12-27-21(18-10-9-15(25)11-19(18)26)20(23(29)30)16-3-1-2-4-17(16)22(27)28/h1-11,20-21H,12H2,(H,29,30). The van der Waals surface area contributed by atoms with Crippen molar-refractivity contribution in [1.29, 1.82) is 0 Å². The molecule has 3 aromatic carbocycles. The van der Waals surface area contributed by atoms with Gasteiger partial charge in [-0.25, -0.2) is 0 Å². The summed E-state index contributed by atoms with van der Waals surface area (Å²) in [4.78, 5) is 27.4. The van der Waals surface area contributed by atoms with Crippen LogP contribution in [0.1, 0.15) is 39.0 Å². The molecule has 1 amide bonds. The van der Waals surface area contributed by atoms with Gasteiger partial charge in [0, 0.05) is 27.2 Å². The smallest absolute Gasteiger partial charge is 0.313 e. The van der Waals surface area contributed by atoms with Crippen molar-refractivity contribution in [2.75, 3.05) is 0 Å². The SMILES string of the molecule is O=C(O)C1c2ccccc2C(=O)N(Cc2ccc(Cl)cc2)C1c1ccc(Cl)cc1Cl. The van der Waals surface area contributed by atoms with Crippen molar-refractivity contribution in [2.24, 2.45) is 0 Å². The lowest BCUT2D eigenvalue weighted by atomic mass is 9.79. The van der Waals surface area contributed by atoms with E-state index in [1.807, 2.05) is 12.1 Å². The van der Waals surface area contributed by atoms with E-state index in [4.69, 9.17) is 34.8 Å². The largest absolute Gasteiger partial charge is 0.481 e. The fraction of sp³-hybridized carbons (Fsp3) is 0.130. The summed E-state index contributed by atoms with van der Waals surface area (Å²) in [6.45, 7) is 0.206. The Balaban J connectivity index is 1.90. The van der Waals surface area contributed by atoms with Crippen molar-refractivity contribution in [2.45, 2.75) is 18.5 Å². The summed E-state index contributed by atoms with van der Waals surface area (Å²) < 4.78 is 0. The minimum Gasteiger partial charge on any atom is -0.481 e. The molecule has 4 rings (SSSR count). The van der Waals surface area contributed by atoms with Crippen LogP contribution in [0.15, 0.2) is 66.7 Å². The van der Waals surface area contributed by atoms with E-state index in [1.165, 1.54) is 0 Å². The molecule has 7 heteroatoms. The number of carboxylic acids is 1. The molecule has 0 saturated carbocycles. The normalized spacial score (nSPS) is 18.2. The molecule has 4 nitrogen and oxygen atoms in total. The molecule has 1 heterocycles. The van der Waals surface area contributed by atoms with Crippen molar-refractivity contribution in [3.63, 3.8) is 0 Å². The van der Waals surface area contributed by atoms with Crippen molar-refractivity contribution >= 4 is 46.7 Å². The van der Waals surface area contributed by atoms with Crippen LogP contribution in [0, 0.1) is 0 Å². The summed E-state index contributed by atoms with van der Waals surface area (Å²) in [6, 6.07) is 18.0. The number of aliphatic carboxylic acids is 1. The maximum Gasteiger partial charge on any atom is 0.313 e. The molecule has 0 fully saturated rings. The quantitative estimate of drug-likeness (QED) is 0.503. The molecular formula is C23H16Cl3NO3. The van der Waals surface area contributed by atoms with Crippen LogP contribution in [0.25, 0.3) is 0 Å². The first kappa shape index (κ1) is 20.7. The monoisotopic (exact) mass is 459 g/mol. The van der Waals surface area contributed by atoms with Gasteiger partial charge in [-0.15, -0.1) is 0 Å². The number of amides is 1. The minimum absolute atomic E-state index is 0.206. The van der Waals surface area contributed by atoms with Crippen molar-refractivity contribution in [3.05, 3.63) is 104 Å². The lowest BCUT2D eigenvalue weighted by Gasteiger charge is -2.41. The first-order chi connectivity index (χ1) is 14.4. The summed E-state index contributed by atoms with van der Waals surface area (Å²) in [6.07, 6.45) is 0. The molecule has 0 aliphatic carbocycles. The summed E-state index contributed by atoms with van der Waals surface area (Å²) >= 11 is 18.5. The average molecular weight is 461 g/mol. The molecule has 30 heavy (non-hydrogen) atoms. The van der Waals surface area contributed by atoms with Gasteiger partial charge in [-0.1, -0.05) is 71.2 Å². The van der Waals surface area contributed by atoms with Gasteiger partial charge in [0.1, 0.15) is 5.92 Å². The van der Waals surface area contributed by atoms with Crippen molar-refractivity contribution in [3.8, 4) is 0 Å². The Morgan fingerprint density at radius 2 is 1.57 bits per heavy atom. The number of halogens is 3. The van der Waals surface area contributed by atoms with Crippen molar-refractivity contribution in [1.82, 2.24) is 4.90 Å². The van der Waals surface area contributed by atoms with Gasteiger partial charge in [-0.3, -0.25) is 9.59 Å². The number of carbonyl (C=O) groups is 2. The number of carbonyl (C=O) groups excluding carboxylic acids is 1. The van der Waals surface area contributed by atoms with Gasteiger partial charge in [-0.05, 0) is 47.0 Å². The molecule has 3 aromatic rings. The maximum absolute atomic E-state index is 13.5. The summed E-state index contributed by atoms with van der Waals surface area (Å²) in [5.74, 6) is -2.27. The first-order valence-corrected chi connectivity index (χ1v) is 10.3. The highest BCUT2D eigenvalue weighted by atomic mass is 35.5. The first-order valence-electron chi connectivity index (χ1n) is 9.19. The summed E-state index contributed by atoms with van der Waals surface area (Å²) in [5.41, 5.74) is 2.20. The molecule has 1 aliphatic rings. The molecule has 2 unspecified atom stereocenters. The fourth-order valence-electron chi connectivity index (χ4n) is 3.91. The van der Waals surface area contributed by atoms with Crippen LogP contribution in [0.5, 0.6) is 0 Å². The Morgan fingerprint density at radius 3 is 2.23 bits per heavy atom. The van der Waals surface area contributed by atoms with E-state index >= 15 is 0 Å². The third kappa shape index (κ3) is 3.79. The van der Waals surface area contributed by atoms with Crippen molar-refractivity contribution < 1.29 is 14.7 Å². The highest BCUT2D eigenvalue weighted by Crippen LogP contribution is 2.45. The zero-order chi connectivity index (χ0) is 21.4. The maximum atomic E-state index is 13.5. The van der Waals surface area contributed by atoms with Crippen LogP contribution < -0.4 is 0 Å². The average Bonchev–Trinajstić information content (AvgIpc) is 2.71. The van der Waals surface area contributed by atoms with Gasteiger partial charge in [-0.2, -0.15) is 0 Å². The second kappa shape index (κ2) is 8.31. The van der Waals surface area contributed by atoms with Gasteiger partial charge in [0.05, 0.1) is 6.04 Å². The van der Waals surface area contributed by atoms with E-state index in [1.54, 1.807) is 59.5 Å². The van der Waals surface area contributed by atoms with Crippen LogP contribution in [0.2, 0.25) is 15.1 Å². The Bertz CT molecular complexity index is 1130. The van der Waals surface area contributed by atoms with Gasteiger partial charge in [0.2, 0.25) is 0 Å². The highest BCUT2D eigenvalue weighted by Gasteiger charge is 2.44. The van der Waals surface area contributed by atoms with Gasteiger partial charge in [0.25, 0.3) is 5.91 Å². The number of hydrogen-bond acceptors (Lipinski definition) is 2. The van der Waals surface area contributed by atoms with E-state index in [0.717, 1.165) is 5.56 Å². The Kier molecular flexibility index (Phi) is 5.74. The van der Waals surface area contributed by atoms with Crippen LogP contribution in [-0.2, 0) is 11.3 Å². The molecule has 0 aromatic heterocycles. The second-order valence-corrected chi connectivity index (χ2v) is 8.35. The van der Waals surface area contributed by atoms with E-state index in [-0.39, 0.29) is 12.5 Å². The summed E-state index contributed by atoms with van der Waals surface area (Å²) in [7, 11) is 0. The molecule has 0 saturated heterocycles. The number of benzene rings is 3. The van der Waals surface area contributed by atoms with E-state index in [0.29, 0.717) is 31.8 Å². The zero-order valence-electron chi connectivity index (χ0n) is 15.6. The molecule has 152 valence electrons. The highest BCUT2D eigenvalue weighted by molar-refractivity contribution is 6.35. The number of hydrogen-bond donors (Lipinski definition) is 1. The lowest BCUT2D eigenvalue weighted by Crippen LogP contribution is -2.44. The topological polar surface area (TPSA) is 57.6 Å². The molecule has 1 aliphatic heterocycles. The lowest BCUT2D eigenvalue weighted by molar-refractivity contribution is -0.140. The number of rotatable bonds is 4. The van der Waals surface area contributed by atoms with E-state index < -0.39 is 17.9 Å². The zero-order valence-corrected chi connectivity index (χ0v) is 17.8. The Morgan fingerprint density at radius 1 is 0.900 bits per heavy atom. The predicted molar refractivity (Wildman–Crippen MR) is 117 cm³/mol. The summed E-state index contributed by atoms with van der Waals surface area (Å²) in [5, 5.41) is 11.5. The predicted octanol–water partition coefficient (Wildman–Crippen LogP) is 6.21. The molecule has 0 bridgehead atoms. The van der Waals surface area contributed by atoms with Crippen LogP contribution in [0.4, 0.5) is 0 Å². The third-order valence-electron chi connectivity index (χ3n) is 5.25. The molecule has 1 N–H and O–H groups in total. The number of carboxylic acid groups (broad SMARTS) is 1. The Hall–Kier alpha value is -2.53. The van der Waals surface area contributed by atoms with Crippen LogP contribution >= 0.6 is 34.8 Å². The van der Waals surface area contributed by atoms with E-state index in [2.05, 4.69) is 0 Å². The Labute approximate surface area is 188 Å². The van der Waals surface area contributed by atoms with Crippen LogP contribution in [0.3, 0.4) is 0 Å². The minimum atomic E-state index is -1.04. The van der Waals surface area contributed by atoms with Gasteiger partial charge in [0.15, 0.2) is 0 Å². The molecule has 0 spiro atoms.